The summed E-state index contributed by atoms with van der Waals surface area (Å²) in [5, 5.41) is 10.1. The Kier molecular flexibility index (Phi) is 4.83. The fourth-order valence-corrected chi connectivity index (χ4v) is 3.53. The number of aliphatic hydroxyl groups excluding tert-OH is 1. The van der Waals surface area contributed by atoms with Gasteiger partial charge in [0.05, 0.1) is 18.9 Å². The van der Waals surface area contributed by atoms with Crippen LogP contribution >= 0.6 is 0 Å². The summed E-state index contributed by atoms with van der Waals surface area (Å²) in [6, 6.07) is 3.69. The van der Waals surface area contributed by atoms with Crippen LogP contribution in [0.15, 0.2) is 18.2 Å². The molecule has 1 aromatic carbocycles. The Morgan fingerprint density at radius 2 is 1.96 bits per heavy atom. The van der Waals surface area contributed by atoms with Crippen LogP contribution in [0, 0.1) is 0 Å². The molecule has 26 heavy (non-hydrogen) atoms. The summed E-state index contributed by atoms with van der Waals surface area (Å²) in [5.41, 5.74) is 0.913. The van der Waals surface area contributed by atoms with Gasteiger partial charge in [0.1, 0.15) is 11.8 Å². The number of aliphatic hydroxyl groups is 1. The second-order valence-corrected chi connectivity index (χ2v) is 6.37. The van der Waals surface area contributed by atoms with Gasteiger partial charge in [0, 0.05) is 24.7 Å². The highest BCUT2D eigenvalue weighted by molar-refractivity contribution is 6.01. The number of hydrogen-bond acceptors (Lipinski definition) is 4. The summed E-state index contributed by atoms with van der Waals surface area (Å²) in [4.78, 5) is 26.5. The molecular weight excluding hydrogens is 353 g/mol. The van der Waals surface area contributed by atoms with Crippen LogP contribution < -0.4 is 9.64 Å². The molecule has 0 radical (unpaired) electrons. The van der Waals surface area contributed by atoms with Crippen LogP contribution in [0.5, 0.6) is 5.75 Å². The van der Waals surface area contributed by atoms with E-state index in [9.17, 15) is 27.9 Å². The van der Waals surface area contributed by atoms with Crippen LogP contribution in [-0.2, 0) is 9.59 Å². The zero-order valence-corrected chi connectivity index (χ0v) is 14.1. The Morgan fingerprint density at radius 3 is 2.62 bits per heavy atom. The molecule has 6 nitrogen and oxygen atoms in total. The number of benzene rings is 1. The molecule has 0 saturated carbocycles. The molecular formula is C17H19F3N2O4. The van der Waals surface area contributed by atoms with E-state index in [0.717, 1.165) is 0 Å². The number of alkyl halides is 3. The predicted molar refractivity (Wildman–Crippen MR) is 85.7 cm³/mol. The van der Waals surface area contributed by atoms with Crippen molar-refractivity contribution in [1.29, 1.82) is 0 Å². The number of nitrogens with zero attached hydrogens (tertiary/aromatic N) is 2. The average molecular weight is 372 g/mol. The molecule has 1 aromatic rings. The molecule has 2 atom stereocenters. The Labute approximate surface area is 148 Å². The molecule has 0 aliphatic carbocycles. The van der Waals surface area contributed by atoms with Crippen molar-refractivity contribution in [3.63, 3.8) is 0 Å². The highest BCUT2D eigenvalue weighted by Crippen LogP contribution is 2.38. The van der Waals surface area contributed by atoms with Gasteiger partial charge in [-0.15, -0.1) is 0 Å². The number of anilines is 1. The lowest BCUT2D eigenvalue weighted by molar-refractivity contribution is -0.186. The number of likely N-dealkylation sites (tertiary alicyclic amines) is 1. The van der Waals surface area contributed by atoms with Crippen molar-refractivity contribution < 1.29 is 32.6 Å². The van der Waals surface area contributed by atoms with Crippen LogP contribution in [0.3, 0.4) is 0 Å². The smallest absolute Gasteiger partial charge is 0.471 e. The molecule has 1 fully saturated rings. The van der Waals surface area contributed by atoms with Crippen molar-refractivity contribution in [1.82, 2.24) is 4.90 Å². The van der Waals surface area contributed by atoms with Crippen LogP contribution in [0.2, 0.25) is 0 Å². The number of carbonyl (C=O) groups is 2. The van der Waals surface area contributed by atoms with Gasteiger partial charge in [-0.2, -0.15) is 13.2 Å². The predicted octanol–water partition coefficient (Wildman–Crippen LogP) is 2.02. The molecule has 2 aliphatic rings. The normalized spacial score (nSPS) is 23.0. The summed E-state index contributed by atoms with van der Waals surface area (Å²) in [6.07, 6.45) is -5.00. The van der Waals surface area contributed by atoms with E-state index >= 15 is 0 Å². The fourth-order valence-electron chi connectivity index (χ4n) is 3.53. The van der Waals surface area contributed by atoms with Crippen molar-refractivity contribution in [2.75, 3.05) is 25.1 Å². The maximum absolute atomic E-state index is 13.0. The van der Waals surface area contributed by atoms with Gasteiger partial charge in [-0.3, -0.25) is 9.59 Å². The molecule has 0 bridgehead atoms. The first-order valence-electron chi connectivity index (χ1n) is 8.29. The minimum absolute atomic E-state index is 0.101. The first kappa shape index (κ1) is 18.5. The number of methoxy groups -OCH3 is 1. The summed E-state index contributed by atoms with van der Waals surface area (Å²) < 4.78 is 43.6. The van der Waals surface area contributed by atoms with E-state index in [0.29, 0.717) is 28.3 Å². The van der Waals surface area contributed by atoms with Crippen LogP contribution in [0.25, 0.3) is 0 Å². The van der Waals surface area contributed by atoms with Crippen molar-refractivity contribution in [2.45, 2.75) is 37.6 Å². The van der Waals surface area contributed by atoms with Crippen molar-refractivity contribution in [3.8, 4) is 5.75 Å². The highest BCUT2D eigenvalue weighted by atomic mass is 19.4. The van der Waals surface area contributed by atoms with Gasteiger partial charge in [-0.25, -0.2) is 0 Å². The van der Waals surface area contributed by atoms with Gasteiger partial charge >= 0.3 is 12.1 Å². The lowest BCUT2D eigenvalue weighted by atomic mass is 9.97. The summed E-state index contributed by atoms with van der Waals surface area (Å²) >= 11 is 0. The van der Waals surface area contributed by atoms with Gasteiger partial charge < -0.3 is 19.6 Å². The van der Waals surface area contributed by atoms with E-state index in [1.54, 1.807) is 18.2 Å². The fraction of sp³-hybridized carbons (Fsp3) is 0.529. The summed E-state index contributed by atoms with van der Waals surface area (Å²) in [6.45, 7) is 0.0564. The molecule has 3 rings (SSSR count). The van der Waals surface area contributed by atoms with E-state index in [1.165, 1.54) is 12.0 Å². The molecule has 2 unspecified atom stereocenters. The number of rotatable bonds is 2. The van der Waals surface area contributed by atoms with Gasteiger partial charge in [0.15, 0.2) is 0 Å². The molecule has 2 heterocycles. The molecule has 2 amide bonds. The standard InChI is InChI=1S/C17H19F3N2O4/c1-26-10-4-5-11-13(9-10)21(8-6-14(11)23)15(24)12-3-2-7-22(12)16(25)17(18,19)20/h4-5,9,12,14,23H,2-3,6-8H2,1H3. The van der Waals surface area contributed by atoms with Crippen LogP contribution in [0.1, 0.15) is 30.9 Å². The lowest BCUT2D eigenvalue weighted by Gasteiger charge is -2.36. The third-order valence-corrected chi connectivity index (χ3v) is 4.82. The van der Waals surface area contributed by atoms with Crippen molar-refractivity contribution in [3.05, 3.63) is 23.8 Å². The van der Waals surface area contributed by atoms with Gasteiger partial charge in [-0.05, 0) is 25.3 Å². The monoisotopic (exact) mass is 372 g/mol. The maximum Gasteiger partial charge on any atom is 0.471 e. The van der Waals surface area contributed by atoms with Gasteiger partial charge in [-0.1, -0.05) is 6.07 Å². The first-order chi connectivity index (χ1) is 12.2. The van der Waals surface area contributed by atoms with Crippen molar-refractivity contribution >= 4 is 17.5 Å². The lowest BCUT2D eigenvalue weighted by Crippen LogP contribution is -2.52. The molecule has 0 spiro atoms. The molecule has 1 N–H and O–H groups in total. The molecule has 1 saturated heterocycles. The van der Waals surface area contributed by atoms with E-state index in [2.05, 4.69) is 0 Å². The highest BCUT2D eigenvalue weighted by Gasteiger charge is 2.48. The number of ether oxygens (including phenoxy) is 1. The van der Waals surface area contributed by atoms with E-state index in [4.69, 9.17) is 4.74 Å². The second-order valence-electron chi connectivity index (χ2n) is 6.37. The second kappa shape index (κ2) is 6.79. The van der Waals surface area contributed by atoms with Crippen LogP contribution in [-0.4, -0.2) is 54.2 Å². The SMILES string of the molecule is COc1ccc2c(c1)N(C(=O)C1CCCN1C(=O)C(F)(F)F)CCC2O. The third kappa shape index (κ3) is 3.23. The number of amides is 2. The molecule has 9 heteroatoms. The van der Waals surface area contributed by atoms with Crippen molar-refractivity contribution in [2.24, 2.45) is 0 Å². The van der Waals surface area contributed by atoms with Gasteiger partial charge in [0.25, 0.3) is 0 Å². The number of fused-ring (bicyclic) bond motifs is 1. The minimum Gasteiger partial charge on any atom is -0.497 e. The molecule has 2 aliphatic heterocycles. The Hall–Kier alpha value is -2.29. The first-order valence-corrected chi connectivity index (χ1v) is 8.29. The Bertz CT molecular complexity index is 722. The Morgan fingerprint density at radius 1 is 1.23 bits per heavy atom. The van der Waals surface area contributed by atoms with E-state index in [-0.39, 0.29) is 25.9 Å². The largest absolute Gasteiger partial charge is 0.497 e. The Balaban J connectivity index is 1.91. The van der Waals surface area contributed by atoms with E-state index in [1.807, 2.05) is 0 Å². The quantitative estimate of drug-likeness (QED) is 0.862. The number of carbonyl (C=O) groups excluding carboxylic acids is 2. The average Bonchev–Trinajstić information content (AvgIpc) is 3.09. The van der Waals surface area contributed by atoms with Gasteiger partial charge in [0.2, 0.25) is 5.91 Å². The molecule has 142 valence electrons. The van der Waals surface area contributed by atoms with E-state index < -0.39 is 30.1 Å². The zero-order chi connectivity index (χ0) is 19.1. The minimum atomic E-state index is -5.01. The number of hydrogen-bond donors (Lipinski definition) is 1. The number of halogens is 3. The topological polar surface area (TPSA) is 70.1 Å². The maximum atomic E-state index is 13.0. The molecule has 0 aromatic heterocycles. The third-order valence-electron chi connectivity index (χ3n) is 4.82. The summed E-state index contributed by atoms with van der Waals surface area (Å²) in [5.74, 6) is -2.09. The summed E-state index contributed by atoms with van der Waals surface area (Å²) in [7, 11) is 1.45. The van der Waals surface area contributed by atoms with Crippen LogP contribution in [0.4, 0.5) is 18.9 Å². The zero-order valence-electron chi connectivity index (χ0n) is 14.1.